The number of carbonyl (C=O) groups is 1. The van der Waals surface area contributed by atoms with Crippen LogP contribution in [-0.2, 0) is 0 Å². The average molecular weight is 391 g/mol. The molecule has 3 rings (SSSR count). The highest BCUT2D eigenvalue weighted by atomic mass is 35.5. The number of nitrogens with zero attached hydrogens (tertiary/aromatic N) is 4. The molecule has 1 atom stereocenters. The van der Waals surface area contributed by atoms with Gasteiger partial charge in [0.2, 0.25) is 0 Å². The maximum absolute atomic E-state index is 13.3. The molecule has 146 valence electrons. The zero-order valence-corrected chi connectivity index (χ0v) is 16.9. The molecular formula is C19H27ClN6O. The Morgan fingerprint density at radius 2 is 2.15 bits per heavy atom. The molecule has 1 saturated heterocycles. The van der Waals surface area contributed by atoms with Gasteiger partial charge in [-0.25, -0.2) is 4.98 Å². The largest absolute Gasteiger partial charge is 0.364 e. The number of aryl methyl sites for hydroxylation is 1. The van der Waals surface area contributed by atoms with Crippen LogP contribution in [0.15, 0.2) is 12.4 Å². The van der Waals surface area contributed by atoms with E-state index in [1.165, 1.54) is 6.20 Å². The van der Waals surface area contributed by atoms with E-state index in [9.17, 15) is 4.79 Å². The number of carbonyl (C=O) groups excluding carboxylic acids is 1. The van der Waals surface area contributed by atoms with E-state index in [-0.39, 0.29) is 17.9 Å². The van der Waals surface area contributed by atoms with Crippen molar-refractivity contribution >= 4 is 23.3 Å². The lowest BCUT2D eigenvalue weighted by Gasteiger charge is -2.31. The number of halogens is 1. The van der Waals surface area contributed by atoms with Gasteiger partial charge in [0.15, 0.2) is 0 Å². The summed E-state index contributed by atoms with van der Waals surface area (Å²) in [6.45, 7) is 7.40. The molecule has 2 aromatic heterocycles. The summed E-state index contributed by atoms with van der Waals surface area (Å²) in [6, 6.07) is 0.108. The normalized spacial score (nSPS) is 18.3. The fraction of sp³-hybridized carbons (Fsp3) is 0.579. The number of amides is 1. The number of anilines is 1. The van der Waals surface area contributed by atoms with Crippen LogP contribution in [0.3, 0.4) is 0 Å². The Hall–Kier alpha value is -2.15. The Morgan fingerprint density at radius 1 is 1.33 bits per heavy atom. The topological polar surface area (TPSA) is 86.8 Å². The van der Waals surface area contributed by atoms with Crippen molar-refractivity contribution in [1.82, 2.24) is 25.1 Å². The first kappa shape index (κ1) is 19.6. The van der Waals surface area contributed by atoms with Gasteiger partial charge in [-0.05, 0) is 25.7 Å². The molecule has 7 nitrogen and oxygen atoms in total. The van der Waals surface area contributed by atoms with Crippen molar-refractivity contribution in [3.63, 3.8) is 0 Å². The number of hydrogen-bond donors (Lipinski definition) is 2. The zero-order chi connectivity index (χ0) is 19.4. The Balaban J connectivity index is 1.79. The van der Waals surface area contributed by atoms with Crippen LogP contribution in [0, 0.1) is 6.92 Å². The van der Waals surface area contributed by atoms with Gasteiger partial charge in [0.25, 0.3) is 5.91 Å². The molecule has 0 aromatic carbocycles. The maximum Gasteiger partial charge on any atom is 0.257 e. The molecule has 1 aliphatic heterocycles. The Morgan fingerprint density at radius 3 is 2.89 bits per heavy atom. The van der Waals surface area contributed by atoms with Crippen molar-refractivity contribution in [2.24, 2.45) is 0 Å². The van der Waals surface area contributed by atoms with E-state index >= 15 is 0 Å². The lowest BCUT2D eigenvalue weighted by Crippen LogP contribution is -2.42. The molecule has 8 heteroatoms. The second kappa shape index (κ2) is 8.69. The van der Waals surface area contributed by atoms with Crippen molar-refractivity contribution in [3.8, 4) is 0 Å². The van der Waals surface area contributed by atoms with E-state index in [4.69, 9.17) is 11.6 Å². The second-order valence-electron chi connectivity index (χ2n) is 7.43. The summed E-state index contributed by atoms with van der Waals surface area (Å²) in [6.07, 6.45) is 7.38. The van der Waals surface area contributed by atoms with Crippen LogP contribution in [0.25, 0.3) is 0 Å². The van der Waals surface area contributed by atoms with Gasteiger partial charge in [-0.2, -0.15) is 5.10 Å². The zero-order valence-electron chi connectivity index (χ0n) is 16.1. The van der Waals surface area contributed by atoms with Gasteiger partial charge in [-0.1, -0.05) is 38.3 Å². The van der Waals surface area contributed by atoms with Gasteiger partial charge in [0.05, 0.1) is 23.7 Å². The van der Waals surface area contributed by atoms with Gasteiger partial charge >= 0.3 is 0 Å². The minimum absolute atomic E-state index is 0.0517. The molecule has 1 aliphatic rings. The molecule has 1 amide bonds. The Labute approximate surface area is 164 Å². The van der Waals surface area contributed by atoms with Crippen LogP contribution in [0.1, 0.15) is 67.2 Å². The van der Waals surface area contributed by atoms with Gasteiger partial charge in [-0.3, -0.25) is 14.9 Å². The number of H-pyrrole nitrogens is 1. The predicted molar refractivity (Wildman–Crippen MR) is 106 cm³/mol. The molecule has 0 saturated carbocycles. The summed E-state index contributed by atoms with van der Waals surface area (Å²) in [7, 11) is 0. The molecular weight excluding hydrogens is 364 g/mol. The van der Waals surface area contributed by atoms with Crippen LogP contribution in [-0.4, -0.2) is 50.1 Å². The number of aromatic amines is 1. The van der Waals surface area contributed by atoms with Gasteiger partial charge in [0.1, 0.15) is 11.0 Å². The minimum Gasteiger partial charge on any atom is -0.364 e. The molecule has 0 aliphatic carbocycles. The van der Waals surface area contributed by atoms with E-state index in [2.05, 4.69) is 39.3 Å². The first-order valence-corrected chi connectivity index (χ1v) is 9.91. The van der Waals surface area contributed by atoms with Crippen LogP contribution in [0.5, 0.6) is 0 Å². The summed E-state index contributed by atoms with van der Waals surface area (Å²) in [5.41, 5.74) is 2.38. The monoisotopic (exact) mass is 390 g/mol. The van der Waals surface area contributed by atoms with E-state index in [1.54, 1.807) is 6.20 Å². The first-order chi connectivity index (χ1) is 13.0. The van der Waals surface area contributed by atoms with Crippen molar-refractivity contribution in [3.05, 3.63) is 34.5 Å². The predicted octanol–water partition coefficient (Wildman–Crippen LogP) is 3.78. The minimum atomic E-state index is 0.0517. The fourth-order valence-electron chi connectivity index (χ4n) is 3.54. The summed E-state index contributed by atoms with van der Waals surface area (Å²) < 4.78 is 0. The van der Waals surface area contributed by atoms with E-state index < -0.39 is 0 Å². The third-order valence-corrected chi connectivity index (χ3v) is 5.08. The number of hydrogen-bond acceptors (Lipinski definition) is 5. The molecule has 27 heavy (non-hydrogen) atoms. The molecule has 0 spiro atoms. The lowest BCUT2D eigenvalue weighted by atomic mass is 10.0. The molecule has 2 N–H and O–H groups in total. The molecule has 2 aromatic rings. The first-order valence-electron chi connectivity index (χ1n) is 9.54. The number of aromatic nitrogens is 4. The highest BCUT2D eigenvalue weighted by Gasteiger charge is 2.27. The van der Waals surface area contributed by atoms with E-state index in [1.807, 2.05) is 11.8 Å². The number of likely N-dealkylation sites (tertiary alicyclic amines) is 1. The fourth-order valence-corrected chi connectivity index (χ4v) is 3.68. The van der Waals surface area contributed by atoms with E-state index in [0.717, 1.165) is 43.6 Å². The van der Waals surface area contributed by atoms with Crippen LogP contribution < -0.4 is 5.32 Å². The summed E-state index contributed by atoms with van der Waals surface area (Å²) in [5, 5.41) is 11.1. The highest BCUT2D eigenvalue weighted by molar-refractivity contribution is 6.29. The standard InChI is InChI=1S/C19H27ClN6O/c1-12(2)18-17(13(3)24-25-18)19(27)26-8-6-4-5-7-14(11-26)22-16-10-21-9-15(20)23-16/h9-10,12,14H,4-8,11H2,1-3H3,(H,22,23)(H,24,25). The van der Waals surface area contributed by atoms with E-state index in [0.29, 0.717) is 23.1 Å². The molecule has 0 radical (unpaired) electrons. The van der Waals surface area contributed by atoms with Gasteiger partial charge in [-0.15, -0.1) is 0 Å². The summed E-state index contributed by atoms with van der Waals surface area (Å²) in [4.78, 5) is 23.6. The molecule has 3 heterocycles. The smallest absolute Gasteiger partial charge is 0.257 e. The summed E-state index contributed by atoms with van der Waals surface area (Å²) in [5.74, 6) is 0.887. The van der Waals surface area contributed by atoms with Crippen molar-refractivity contribution in [1.29, 1.82) is 0 Å². The van der Waals surface area contributed by atoms with Gasteiger partial charge < -0.3 is 10.2 Å². The molecule has 0 bridgehead atoms. The number of nitrogens with one attached hydrogen (secondary N) is 2. The highest BCUT2D eigenvalue weighted by Crippen LogP contribution is 2.23. The molecule has 1 unspecified atom stereocenters. The third kappa shape index (κ3) is 4.77. The molecule has 1 fully saturated rings. The quantitative estimate of drug-likeness (QED) is 0.829. The van der Waals surface area contributed by atoms with Crippen LogP contribution in [0.2, 0.25) is 5.15 Å². The SMILES string of the molecule is Cc1[nH]nc(C(C)C)c1C(=O)N1CCCCCC(Nc2cncc(Cl)n2)C1. The van der Waals surface area contributed by atoms with Crippen LogP contribution in [0.4, 0.5) is 5.82 Å². The second-order valence-corrected chi connectivity index (χ2v) is 7.82. The van der Waals surface area contributed by atoms with Crippen LogP contribution >= 0.6 is 11.6 Å². The lowest BCUT2D eigenvalue weighted by molar-refractivity contribution is 0.0733. The van der Waals surface area contributed by atoms with Crippen molar-refractivity contribution in [2.45, 2.75) is 58.4 Å². The van der Waals surface area contributed by atoms with Crippen molar-refractivity contribution < 1.29 is 4.79 Å². The number of rotatable bonds is 4. The average Bonchev–Trinajstić information content (AvgIpc) is 2.98. The Kier molecular flexibility index (Phi) is 6.31. The summed E-state index contributed by atoms with van der Waals surface area (Å²) >= 11 is 5.94. The Bertz CT molecular complexity index is 790. The van der Waals surface area contributed by atoms with Gasteiger partial charge in [0, 0.05) is 24.8 Å². The van der Waals surface area contributed by atoms with Crippen molar-refractivity contribution in [2.75, 3.05) is 18.4 Å². The maximum atomic E-state index is 13.3. The third-order valence-electron chi connectivity index (χ3n) is 4.90.